The van der Waals surface area contributed by atoms with Crippen molar-refractivity contribution in [3.05, 3.63) is 305 Å². The van der Waals surface area contributed by atoms with Gasteiger partial charge in [0.15, 0.2) is 24.6 Å². The number of hydrogen-bond donors (Lipinski definition) is 0. The fourth-order valence-corrected chi connectivity index (χ4v) is 12.9. The molecule has 0 aliphatic carbocycles. The second-order valence-corrected chi connectivity index (χ2v) is 23.7. The van der Waals surface area contributed by atoms with E-state index in [1.165, 1.54) is 18.9 Å². The zero-order valence-corrected chi connectivity index (χ0v) is 53.3. The van der Waals surface area contributed by atoms with E-state index in [1.807, 2.05) is 127 Å². The van der Waals surface area contributed by atoms with Crippen molar-refractivity contribution in [2.75, 3.05) is 41.7 Å². The third-order valence-electron chi connectivity index (χ3n) is 16.4. The number of esters is 3. The highest BCUT2D eigenvalue weighted by Crippen LogP contribution is 2.45. The van der Waals surface area contributed by atoms with Crippen LogP contribution in [-0.2, 0) is 72.8 Å². The van der Waals surface area contributed by atoms with E-state index in [9.17, 15) is 14.4 Å². The molecule has 0 unspecified atom stereocenters. The third-order valence-corrected chi connectivity index (χ3v) is 17.8. The van der Waals surface area contributed by atoms with Crippen LogP contribution in [0.5, 0.6) is 17.2 Å². The van der Waals surface area contributed by atoms with E-state index < -0.39 is 83.2 Å². The normalized spacial score (nSPS) is 21.1. The van der Waals surface area contributed by atoms with Gasteiger partial charge in [0.1, 0.15) is 52.7 Å². The molecule has 94 heavy (non-hydrogen) atoms. The third kappa shape index (κ3) is 16.2. The Kier molecular flexibility index (Phi) is 23.0. The highest BCUT2D eigenvalue weighted by atomic mass is 32.2. The maximum atomic E-state index is 14.6. The molecule has 9 aromatic rings. The topological polar surface area (TPSA) is 171 Å². The number of thioether (sulfide) groups is 1. The van der Waals surface area contributed by atoms with Gasteiger partial charge in [-0.1, -0.05) is 182 Å². The second kappa shape index (κ2) is 32.6. The molecule has 0 bridgehead atoms. The smallest absolute Gasteiger partial charge is 0.338 e. The molecular formula is C77H74O16S. The van der Waals surface area contributed by atoms with Crippen molar-refractivity contribution < 1.29 is 76.0 Å². The first-order chi connectivity index (χ1) is 46.1. The molecule has 17 heteroatoms. The maximum Gasteiger partial charge on any atom is 0.338 e. The number of carbonyl (C=O) groups excluding carboxylic acids is 3. The Morgan fingerprint density at radius 2 is 0.723 bits per heavy atom. The summed E-state index contributed by atoms with van der Waals surface area (Å²) in [5.41, 5.74) is 3.62. The molecule has 2 saturated heterocycles. The molecule has 2 aliphatic rings. The van der Waals surface area contributed by atoms with E-state index >= 15 is 0 Å². The molecule has 2 fully saturated rings. The molecule has 0 saturated carbocycles. The Balaban J connectivity index is 1.03. The molecule has 10 atom stereocenters. The highest BCUT2D eigenvalue weighted by molar-refractivity contribution is 8.00. The first-order valence-corrected chi connectivity index (χ1v) is 31.9. The molecule has 16 nitrogen and oxygen atoms in total. The van der Waals surface area contributed by atoms with Crippen molar-refractivity contribution in [3.63, 3.8) is 0 Å². The second-order valence-electron chi connectivity index (χ2n) is 22.3. The molecule has 0 radical (unpaired) electrons. The van der Waals surface area contributed by atoms with Crippen molar-refractivity contribution in [1.82, 2.24) is 0 Å². The molecule has 0 aromatic heterocycles. The van der Waals surface area contributed by atoms with E-state index in [0.717, 1.165) is 33.4 Å². The summed E-state index contributed by atoms with van der Waals surface area (Å²) in [5.74, 6) is -0.317. The van der Waals surface area contributed by atoms with Crippen LogP contribution in [0.4, 0.5) is 0 Å². The Hall–Kier alpha value is -9.14. The summed E-state index contributed by atoms with van der Waals surface area (Å²) in [6.45, 7) is 0.0111. The highest BCUT2D eigenvalue weighted by Gasteiger charge is 2.55. The fraction of sp³-hybridized carbons (Fsp3) is 0.260. The van der Waals surface area contributed by atoms with Gasteiger partial charge in [0.2, 0.25) is 0 Å². The van der Waals surface area contributed by atoms with Gasteiger partial charge in [-0.25, -0.2) is 14.4 Å². The summed E-state index contributed by atoms with van der Waals surface area (Å²) in [4.78, 5) is 43.2. The fourth-order valence-electron chi connectivity index (χ4n) is 11.5. The number of ether oxygens (including phenoxy) is 13. The minimum Gasteiger partial charge on any atom is -0.497 e. The van der Waals surface area contributed by atoms with Crippen LogP contribution in [-0.4, -0.2) is 119 Å². The Morgan fingerprint density at radius 1 is 0.372 bits per heavy atom. The lowest BCUT2D eigenvalue weighted by Gasteiger charge is -2.48. The van der Waals surface area contributed by atoms with Gasteiger partial charge in [0, 0.05) is 7.11 Å². The molecule has 0 amide bonds. The molecule has 2 aliphatic heterocycles. The molecule has 2 heterocycles. The predicted molar refractivity (Wildman–Crippen MR) is 354 cm³/mol. The van der Waals surface area contributed by atoms with E-state index in [-0.39, 0.29) is 49.7 Å². The zero-order chi connectivity index (χ0) is 65.1. The molecule has 11 rings (SSSR count). The van der Waals surface area contributed by atoms with Crippen LogP contribution in [0.3, 0.4) is 0 Å². The maximum absolute atomic E-state index is 14.6. The van der Waals surface area contributed by atoms with E-state index in [2.05, 4.69) is 36.4 Å². The zero-order valence-electron chi connectivity index (χ0n) is 52.5. The number of methoxy groups -OCH3 is 4. The summed E-state index contributed by atoms with van der Waals surface area (Å²) in [6, 6.07) is 78.2. The molecular weight excluding hydrogens is 1210 g/mol. The van der Waals surface area contributed by atoms with Crippen molar-refractivity contribution in [3.8, 4) is 17.2 Å². The van der Waals surface area contributed by atoms with Crippen LogP contribution in [0.2, 0.25) is 0 Å². The van der Waals surface area contributed by atoms with Crippen molar-refractivity contribution in [2.45, 2.75) is 85.1 Å². The van der Waals surface area contributed by atoms with Crippen LogP contribution in [0.25, 0.3) is 0 Å². The van der Waals surface area contributed by atoms with Crippen LogP contribution >= 0.6 is 11.8 Å². The largest absolute Gasteiger partial charge is 0.497 e. The lowest BCUT2D eigenvalue weighted by molar-refractivity contribution is -0.296. The summed E-state index contributed by atoms with van der Waals surface area (Å²) >= 11 is 1.43. The Labute approximate surface area is 551 Å². The summed E-state index contributed by atoms with van der Waals surface area (Å²) in [5, 5.41) is -0.618. The monoisotopic (exact) mass is 1290 g/mol. The predicted octanol–water partition coefficient (Wildman–Crippen LogP) is 13.3. The first-order valence-electron chi connectivity index (χ1n) is 30.9. The minimum absolute atomic E-state index is 0.0407. The average Bonchev–Trinajstić information content (AvgIpc) is 0.804. The van der Waals surface area contributed by atoms with Gasteiger partial charge in [-0.2, -0.15) is 0 Å². The molecule has 0 spiro atoms. The molecule has 9 aromatic carbocycles. The van der Waals surface area contributed by atoms with Crippen LogP contribution in [0.15, 0.2) is 255 Å². The van der Waals surface area contributed by atoms with Gasteiger partial charge in [0.25, 0.3) is 0 Å². The van der Waals surface area contributed by atoms with Gasteiger partial charge in [-0.15, -0.1) is 11.8 Å². The lowest BCUT2D eigenvalue weighted by atomic mass is 9.80. The SMILES string of the molecule is COc1ccc(CO[C@@H]2[C@@H](OCc3ccc(OC)cc3)[C@@H](OC[C@H]3O[C@H](OC)[C@H](OC(=O)c4ccccc4)[C@@H](OC(=O)c4ccccc4)[C@@H]3OC(=O)c3ccccc3)S[C@H](COC(c3ccccc3)(c3ccccc3)c3ccccc3)[C@H]2OCc2ccc(OC)cc2)cc1. The average molecular weight is 1290 g/mol. The summed E-state index contributed by atoms with van der Waals surface area (Å²) in [6.07, 6.45) is -9.95. The number of benzene rings is 9. The van der Waals surface area contributed by atoms with Crippen molar-refractivity contribution in [1.29, 1.82) is 0 Å². The van der Waals surface area contributed by atoms with E-state index in [4.69, 9.17) is 61.6 Å². The quantitative estimate of drug-likeness (QED) is 0.0257. The first kappa shape index (κ1) is 66.3. The lowest BCUT2D eigenvalue weighted by Crippen LogP contribution is -2.63. The van der Waals surface area contributed by atoms with Gasteiger partial charge >= 0.3 is 17.9 Å². The van der Waals surface area contributed by atoms with Crippen LogP contribution in [0, 0.1) is 0 Å². The van der Waals surface area contributed by atoms with Crippen molar-refractivity contribution in [2.24, 2.45) is 0 Å². The Morgan fingerprint density at radius 3 is 1.11 bits per heavy atom. The van der Waals surface area contributed by atoms with Crippen LogP contribution in [0.1, 0.15) is 64.5 Å². The van der Waals surface area contributed by atoms with Gasteiger partial charge in [0.05, 0.1) is 76.3 Å². The standard InChI is InChI=1S/C77H74O16S/c1-81-61-41-35-52(36-42-61)47-85-67-65(51-89-77(58-29-17-8-18-30-58,59-31-19-9-20-32-59)60-33-21-10-22-34-60)94-76(71(87-49-54-39-45-63(83-3)46-40-54)68(67)86-48-53-37-43-62(82-2)44-38-53)88-50-64-66(91-72(78)55-23-11-5-12-24-55)69(92-73(79)56-25-13-6-14-26-56)70(75(84-4)90-64)93-74(80)57-27-15-7-16-28-57/h5-46,64-71,75-76H,47-51H2,1-4H3/t64-,65-,66-,67-,68+,69+,70-,71-,75+,76+/m1/s1. The van der Waals surface area contributed by atoms with Crippen LogP contribution < -0.4 is 14.2 Å². The Bertz CT molecular complexity index is 3680. The van der Waals surface area contributed by atoms with E-state index in [0.29, 0.717) is 17.2 Å². The summed E-state index contributed by atoms with van der Waals surface area (Å²) in [7, 11) is 6.22. The molecule has 484 valence electrons. The molecule has 0 N–H and O–H groups in total. The van der Waals surface area contributed by atoms with Crippen molar-refractivity contribution >= 4 is 29.7 Å². The minimum atomic E-state index is -1.55. The van der Waals surface area contributed by atoms with Gasteiger partial charge in [-0.3, -0.25) is 0 Å². The van der Waals surface area contributed by atoms with Gasteiger partial charge in [-0.05, 0) is 106 Å². The number of carbonyl (C=O) groups is 3. The number of hydrogen-bond acceptors (Lipinski definition) is 17. The summed E-state index contributed by atoms with van der Waals surface area (Å²) < 4.78 is 85.5. The number of rotatable bonds is 28. The van der Waals surface area contributed by atoms with Gasteiger partial charge < -0.3 is 61.6 Å². The van der Waals surface area contributed by atoms with E-state index in [1.54, 1.807) is 112 Å².